The van der Waals surface area contributed by atoms with Crippen LogP contribution >= 0.6 is 11.3 Å². The fourth-order valence-electron chi connectivity index (χ4n) is 2.53. The summed E-state index contributed by atoms with van der Waals surface area (Å²) in [5.41, 5.74) is 3.43. The molecular weight excluding hydrogens is 312 g/mol. The molecule has 0 saturated carbocycles. The molecular formula is C16H18N4O2S. The van der Waals surface area contributed by atoms with E-state index < -0.39 is 0 Å². The molecule has 0 aliphatic rings. The molecule has 3 aromatic rings. The number of aryl methyl sites for hydroxylation is 3. The number of nitrogens with zero attached hydrogens (tertiary/aromatic N) is 3. The zero-order valence-electron chi connectivity index (χ0n) is 13.2. The molecule has 0 bridgehead atoms. The van der Waals surface area contributed by atoms with Gasteiger partial charge in [-0.1, -0.05) is 5.16 Å². The lowest BCUT2D eigenvalue weighted by molar-refractivity contribution is 0.0940. The van der Waals surface area contributed by atoms with Crippen LogP contribution in [-0.4, -0.2) is 27.4 Å². The van der Waals surface area contributed by atoms with Crippen molar-refractivity contribution < 1.29 is 9.32 Å². The van der Waals surface area contributed by atoms with Crippen LogP contribution in [0.3, 0.4) is 0 Å². The third-order valence-electron chi connectivity index (χ3n) is 3.58. The van der Waals surface area contributed by atoms with Crippen LogP contribution in [0, 0.1) is 20.8 Å². The Hall–Kier alpha value is -2.41. The van der Waals surface area contributed by atoms with Gasteiger partial charge in [0.15, 0.2) is 5.69 Å². The summed E-state index contributed by atoms with van der Waals surface area (Å²) >= 11 is 1.63. The van der Waals surface area contributed by atoms with Crippen molar-refractivity contribution in [1.29, 1.82) is 0 Å². The second kappa shape index (κ2) is 6.37. The molecule has 0 fully saturated rings. The van der Waals surface area contributed by atoms with Crippen LogP contribution in [0.1, 0.15) is 39.2 Å². The number of hydrogen-bond acceptors (Lipinski definition) is 5. The van der Waals surface area contributed by atoms with Crippen molar-refractivity contribution in [3.05, 3.63) is 57.4 Å². The van der Waals surface area contributed by atoms with Gasteiger partial charge in [0.2, 0.25) is 0 Å². The van der Waals surface area contributed by atoms with Gasteiger partial charge in [-0.2, -0.15) is 16.4 Å². The van der Waals surface area contributed by atoms with Crippen LogP contribution in [0.2, 0.25) is 0 Å². The quantitative estimate of drug-likeness (QED) is 0.781. The van der Waals surface area contributed by atoms with E-state index in [1.54, 1.807) is 24.3 Å². The van der Waals surface area contributed by atoms with Crippen molar-refractivity contribution in [1.82, 2.24) is 20.3 Å². The second-order valence-corrected chi connectivity index (χ2v) is 6.26. The van der Waals surface area contributed by atoms with Crippen LogP contribution in [0.4, 0.5) is 0 Å². The second-order valence-electron chi connectivity index (χ2n) is 5.48. The number of amides is 1. The number of carbonyl (C=O) groups is 1. The molecule has 0 saturated heterocycles. The average molecular weight is 330 g/mol. The number of rotatable bonds is 5. The Morgan fingerprint density at radius 1 is 1.39 bits per heavy atom. The number of hydrogen-bond donors (Lipinski definition) is 1. The first-order valence-electron chi connectivity index (χ1n) is 7.31. The van der Waals surface area contributed by atoms with Gasteiger partial charge >= 0.3 is 0 Å². The van der Waals surface area contributed by atoms with E-state index in [4.69, 9.17) is 4.52 Å². The Kier molecular flexibility index (Phi) is 4.29. The van der Waals surface area contributed by atoms with E-state index in [9.17, 15) is 4.79 Å². The Labute approximate surface area is 138 Å². The molecule has 1 unspecified atom stereocenters. The highest BCUT2D eigenvalue weighted by Crippen LogP contribution is 2.22. The Morgan fingerprint density at radius 2 is 2.22 bits per heavy atom. The fourth-order valence-corrected chi connectivity index (χ4v) is 3.23. The van der Waals surface area contributed by atoms with Gasteiger partial charge in [-0.05, 0) is 49.2 Å². The summed E-state index contributed by atoms with van der Waals surface area (Å²) in [5.74, 6) is 0.367. The van der Waals surface area contributed by atoms with Gasteiger partial charge in [-0.25, -0.2) is 0 Å². The maximum atomic E-state index is 12.2. The van der Waals surface area contributed by atoms with Crippen LogP contribution in [0.15, 0.2) is 33.5 Å². The van der Waals surface area contributed by atoms with Crippen molar-refractivity contribution >= 4 is 17.2 Å². The number of nitrogens with one attached hydrogen (secondary N) is 1. The third kappa shape index (κ3) is 3.34. The summed E-state index contributed by atoms with van der Waals surface area (Å²) in [4.78, 5) is 12.2. The summed E-state index contributed by atoms with van der Waals surface area (Å²) in [6.07, 6.45) is 0. The highest BCUT2D eigenvalue weighted by atomic mass is 32.1. The average Bonchev–Trinajstić information content (AvgIpc) is 3.22. The van der Waals surface area contributed by atoms with Crippen molar-refractivity contribution in [3.8, 4) is 0 Å². The van der Waals surface area contributed by atoms with E-state index >= 15 is 0 Å². The van der Waals surface area contributed by atoms with Crippen molar-refractivity contribution in [2.45, 2.75) is 26.8 Å². The molecule has 0 spiro atoms. The zero-order valence-corrected chi connectivity index (χ0v) is 14.1. The van der Waals surface area contributed by atoms with Crippen LogP contribution in [0.5, 0.6) is 0 Å². The minimum Gasteiger partial charge on any atom is -0.361 e. The van der Waals surface area contributed by atoms with Gasteiger partial charge in [-0.3, -0.25) is 9.48 Å². The first-order valence-corrected chi connectivity index (χ1v) is 8.25. The molecule has 7 heteroatoms. The largest absolute Gasteiger partial charge is 0.361 e. The number of carbonyl (C=O) groups excluding carboxylic acids is 1. The summed E-state index contributed by atoms with van der Waals surface area (Å²) in [5, 5.41) is 15.3. The highest BCUT2D eigenvalue weighted by Gasteiger charge is 2.20. The predicted octanol–water partition coefficient (Wildman–Crippen LogP) is 2.88. The summed E-state index contributed by atoms with van der Waals surface area (Å²) < 4.78 is 6.90. The molecule has 0 aliphatic carbocycles. The first kappa shape index (κ1) is 15.5. The van der Waals surface area contributed by atoms with E-state index in [0.717, 1.165) is 17.0 Å². The monoisotopic (exact) mass is 330 g/mol. The van der Waals surface area contributed by atoms with Crippen molar-refractivity contribution in [2.75, 3.05) is 6.54 Å². The molecule has 6 nitrogen and oxygen atoms in total. The lowest BCUT2D eigenvalue weighted by atomic mass is 10.1. The summed E-state index contributed by atoms with van der Waals surface area (Å²) in [6.45, 7) is 6.17. The zero-order chi connectivity index (χ0) is 16.4. The van der Waals surface area contributed by atoms with Crippen molar-refractivity contribution in [3.63, 3.8) is 0 Å². The maximum absolute atomic E-state index is 12.2. The standard InChI is InChI=1S/C16H18N4O2S/c1-10-6-11(2)20(18-10)15(13-4-5-23-9-13)8-17-16(21)14-7-12(3)22-19-14/h4-7,9,15H,8H2,1-3H3,(H,17,21). The number of thiophene rings is 1. The Bertz CT molecular complexity index is 804. The summed E-state index contributed by atoms with van der Waals surface area (Å²) in [7, 11) is 0. The fraction of sp³-hybridized carbons (Fsp3) is 0.312. The Morgan fingerprint density at radius 3 is 2.78 bits per heavy atom. The van der Waals surface area contributed by atoms with E-state index in [0.29, 0.717) is 18.0 Å². The van der Waals surface area contributed by atoms with Crippen LogP contribution in [0.25, 0.3) is 0 Å². The smallest absolute Gasteiger partial charge is 0.273 e. The normalized spacial score (nSPS) is 12.3. The highest BCUT2D eigenvalue weighted by molar-refractivity contribution is 7.07. The molecule has 3 aromatic heterocycles. The topological polar surface area (TPSA) is 73.0 Å². The molecule has 0 radical (unpaired) electrons. The van der Waals surface area contributed by atoms with E-state index in [-0.39, 0.29) is 11.9 Å². The molecule has 3 rings (SSSR count). The van der Waals surface area contributed by atoms with Gasteiger partial charge in [-0.15, -0.1) is 0 Å². The molecule has 1 N–H and O–H groups in total. The lowest BCUT2D eigenvalue weighted by Crippen LogP contribution is -2.32. The number of aromatic nitrogens is 3. The van der Waals surface area contributed by atoms with E-state index in [1.165, 1.54) is 0 Å². The van der Waals surface area contributed by atoms with Crippen LogP contribution < -0.4 is 5.32 Å². The molecule has 0 aromatic carbocycles. The van der Waals surface area contributed by atoms with Crippen LogP contribution in [-0.2, 0) is 0 Å². The Balaban J connectivity index is 1.80. The molecule has 1 amide bonds. The molecule has 23 heavy (non-hydrogen) atoms. The first-order chi connectivity index (χ1) is 11.0. The van der Waals surface area contributed by atoms with Gasteiger partial charge < -0.3 is 9.84 Å². The summed E-state index contributed by atoms with van der Waals surface area (Å²) in [6, 6.07) is 5.66. The minimum atomic E-state index is -0.247. The molecule has 3 heterocycles. The van der Waals surface area contributed by atoms with Crippen molar-refractivity contribution in [2.24, 2.45) is 0 Å². The van der Waals surface area contributed by atoms with E-state index in [1.807, 2.05) is 30.0 Å². The molecule has 1 atom stereocenters. The lowest BCUT2D eigenvalue weighted by Gasteiger charge is -2.19. The maximum Gasteiger partial charge on any atom is 0.273 e. The molecule has 120 valence electrons. The van der Waals surface area contributed by atoms with E-state index in [2.05, 4.69) is 27.0 Å². The van der Waals surface area contributed by atoms with Gasteiger partial charge in [0.05, 0.1) is 11.7 Å². The molecule has 0 aliphatic heterocycles. The van der Waals surface area contributed by atoms with Gasteiger partial charge in [0.25, 0.3) is 5.91 Å². The SMILES string of the molecule is Cc1cc(C)n(C(CNC(=O)c2cc(C)on2)c2ccsc2)n1. The predicted molar refractivity (Wildman–Crippen MR) is 87.7 cm³/mol. The third-order valence-corrected chi connectivity index (χ3v) is 4.29. The van der Waals surface area contributed by atoms with Gasteiger partial charge in [0, 0.05) is 18.3 Å². The van der Waals surface area contributed by atoms with Gasteiger partial charge in [0.1, 0.15) is 5.76 Å². The minimum absolute atomic E-state index is 0.0492.